The Labute approximate surface area is 182 Å². The molecule has 0 bridgehead atoms. The van der Waals surface area contributed by atoms with Crippen LogP contribution in [0, 0.1) is 5.92 Å². The Morgan fingerprint density at radius 2 is 1.87 bits per heavy atom. The number of carbonyl (C=O) groups excluding carboxylic acids is 3. The highest BCUT2D eigenvalue weighted by Crippen LogP contribution is 2.56. The van der Waals surface area contributed by atoms with Gasteiger partial charge in [-0.25, -0.2) is 0 Å². The second kappa shape index (κ2) is 8.59. The number of aliphatic hydroxyl groups excluding tert-OH is 1. The minimum atomic E-state index is -0.730. The number of rotatable bonds is 7. The monoisotopic (exact) mass is 433 g/mol. The number of benzene rings is 1. The second-order valence-corrected chi connectivity index (χ2v) is 10.8. The number of hydrogen-bond donors (Lipinski definition) is 3. The van der Waals surface area contributed by atoms with Crippen molar-refractivity contribution in [1.29, 1.82) is 0 Å². The summed E-state index contributed by atoms with van der Waals surface area (Å²) in [5, 5.41) is 14.7. The quantitative estimate of drug-likeness (QED) is 0.611. The molecule has 0 aromatic heterocycles. The number of aliphatic hydroxyl groups is 1. The highest BCUT2D eigenvalue weighted by atomic mass is 32.2. The fraction of sp³-hybridized carbons (Fsp3) is 0.591. The van der Waals surface area contributed by atoms with Gasteiger partial charge < -0.3 is 20.6 Å². The van der Waals surface area contributed by atoms with Crippen LogP contribution < -0.4 is 10.6 Å². The lowest BCUT2D eigenvalue weighted by molar-refractivity contribution is -0.132. The minimum Gasteiger partial charge on any atom is -0.394 e. The molecule has 3 amide bonds. The zero-order valence-electron chi connectivity index (χ0n) is 18.1. The third-order valence-corrected chi connectivity index (χ3v) is 7.08. The molecule has 2 aliphatic rings. The van der Waals surface area contributed by atoms with E-state index < -0.39 is 22.9 Å². The van der Waals surface area contributed by atoms with Gasteiger partial charge in [0.05, 0.1) is 6.61 Å². The largest absolute Gasteiger partial charge is 0.394 e. The van der Waals surface area contributed by atoms with Crippen molar-refractivity contribution in [2.24, 2.45) is 5.92 Å². The summed E-state index contributed by atoms with van der Waals surface area (Å²) in [6.07, 6.45) is 0.466. The molecule has 7 nitrogen and oxygen atoms in total. The van der Waals surface area contributed by atoms with Gasteiger partial charge in [0.1, 0.15) is 17.5 Å². The van der Waals surface area contributed by atoms with E-state index in [1.165, 1.54) is 0 Å². The third-order valence-electron chi connectivity index (χ3n) is 5.55. The molecule has 0 aliphatic carbocycles. The highest BCUT2D eigenvalue weighted by molar-refractivity contribution is 8.01. The number of nitrogens with one attached hydrogen (secondary N) is 2. The SMILES string of the molecule is CC(C)C[C@H](NC(=O)[C@H]1N2C(=O)c3ccccc3[C@H]2SC1(C)C)C(=O)N[C@@H](C)CO. The lowest BCUT2D eigenvalue weighted by Gasteiger charge is -2.31. The van der Waals surface area contributed by atoms with Crippen LogP contribution in [0.4, 0.5) is 0 Å². The van der Waals surface area contributed by atoms with Crippen LogP contribution in [0.3, 0.4) is 0 Å². The summed E-state index contributed by atoms with van der Waals surface area (Å²) < 4.78 is -0.505. The van der Waals surface area contributed by atoms with E-state index in [1.54, 1.807) is 29.7 Å². The van der Waals surface area contributed by atoms with E-state index in [2.05, 4.69) is 10.6 Å². The Bertz CT molecular complexity index is 841. The molecule has 1 aromatic rings. The summed E-state index contributed by atoms with van der Waals surface area (Å²) in [5.74, 6) is -0.613. The molecular formula is C22H31N3O4S. The summed E-state index contributed by atoms with van der Waals surface area (Å²) in [4.78, 5) is 40.9. The Morgan fingerprint density at radius 1 is 1.20 bits per heavy atom. The molecule has 30 heavy (non-hydrogen) atoms. The molecule has 2 heterocycles. The zero-order chi connectivity index (χ0) is 22.2. The first-order valence-electron chi connectivity index (χ1n) is 10.4. The van der Waals surface area contributed by atoms with Crippen molar-refractivity contribution in [3.05, 3.63) is 35.4 Å². The van der Waals surface area contributed by atoms with Crippen LogP contribution in [0.25, 0.3) is 0 Å². The van der Waals surface area contributed by atoms with Gasteiger partial charge in [0, 0.05) is 16.4 Å². The van der Waals surface area contributed by atoms with Gasteiger partial charge in [-0.05, 0) is 44.7 Å². The molecular weight excluding hydrogens is 402 g/mol. The molecule has 0 radical (unpaired) electrons. The second-order valence-electron chi connectivity index (χ2n) is 9.06. The van der Waals surface area contributed by atoms with Crippen LogP contribution in [-0.2, 0) is 9.59 Å². The van der Waals surface area contributed by atoms with Gasteiger partial charge in [-0.1, -0.05) is 32.0 Å². The normalized spacial score (nSPS) is 23.7. The van der Waals surface area contributed by atoms with Crippen molar-refractivity contribution >= 4 is 29.5 Å². The molecule has 0 spiro atoms. The number of hydrogen-bond acceptors (Lipinski definition) is 5. The highest BCUT2D eigenvalue weighted by Gasteiger charge is 2.57. The maximum atomic E-state index is 13.4. The molecule has 0 unspecified atom stereocenters. The van der Waals surface area contributed by atoms with E-state index >= 15 is 0 Å². The smallest absolute Gasteiger partial charge is 0.256 e. The number of carbonyl (C=O) groups is 3. The lowest BCUT2D eigenvalue weighted by atomic mass is 9.98. The van der Waals surface area contributed by atoms with E-state index in [4.69, 9.17) is 0 Å². The molecule has 3 rings (SSSR count). The molecule has 3 N–H and O–H groups in total. The van der Waals surface area contributed by atoms with Crippen LogP contribution >= 0.6 is 11.8 Å². The van der Waals surface area contributed by atoms with Crippen molar-refractivity contribution in [1.82, 2.24) is 15.5 Å². The van der Waals surface area contributed by atoms with Gasteiger partial charge in [-0.3, -0.25) is 14.4 Å². The lowest BCUT2D eigenvalue weighted by Crippen LogP contribution is -2.58. The fourth-order valence-electron chi connectivity index (χ4n) is 4.15. The Hall–Kier alpha value is -2.06. The van der Waals surface area contributed by atoms with Gasteiger partial charge in [0.15, 0.2) is 0 Å². The molecule has 1 aromatic carbocycles. The average Bonchev–Trinajstić information content (AvgIpc) is 3.10. The number of amides is 3. The first-order valence-corrected chi connectivity index (χ1v) is 11.3. The molecule has 164 valence electrons. The molecule has 1 saturated heterocycles. The van der Waals surface area contributed by atoms with Crippen LogP contribution in [0.15, 0.2) is 24.3 Å². The minimum absolute atomic E-state index is 0.146. The van der Waals surface area contributed by atoms with E-state index in [0.717, 1.165) is 5.56 Å². The van der Waals surface area contributed by atoms with E-state index in [-0.39, 0.29) is 35.6 Å². The van der Waals surface area contributed by atoms with E-state index in [0.29, 0.717) is 12.0 Å². The summed E-state index contributed by atoms with van der Waals surface area (Å²) >= 11 is 1.60. The van der Waals surface area contributed by atoms with Crippen molar-refractivity contribution in [2.45, 2.75) is 69.3 Å². The van der Waals surface area contributed by atoms with Crippen LogP contribution in [-0.4, -0.2) is 57.2 Å². The fourth-order valence-corrected chi connectivity index (χ4v) is 5.74. The van der Waals surface area contributed by atoms with Crippen molar-refractivity contribution in [3.8, 4) is 0 Å². The summed E-state index contributed by atoms with van der Waals surface area (Å²) in [6.45, 7) is 9.40. The van der Waals surface area contributed by atoms with Crippen molar-refractivity contribution in [2.75, 3.05) is 6.61 Å². The van der Waals surface area contributed by atoms with Gasteiger partial charge in [-0.2, -0.15) is 0 Å². The predicted octanol–water partition coefficient (Wildman–Crippen LogP) is 2.06. The number of thioether (sulfide) groups is 1. The topological polar surface area (TPSA) is 98.7 Å². The molecule has 0 saturated carbocycles. The first-order chi connectivity index (χ1) is 14.1. The Balaban J connectivity index is 1.83. The summed E-state index contributed by atoms with van der Waals surface area (Å²) in [5.41, 5.74) is 1.57. The van der Waals surface area contributed by atoms with Gasteiger partial charge in [0.2, 0.25) is 11.8 Å². The van der Waals surface area contributed by atoms with Crippen LogP contribution in [0.2, 0.25) is 0 Å². The summed E-state index contributed by atoms with van der Waals surface area (Å²) in [6, 6.07) is 5.64. The van der Waals surface area contributed by atoms with Gasteiger partial charge >= 0.3 is 0 Å². The molecule has 4 atom stereocenters. The van der Waals surface area contributed by atoms with E-state index in [1.807, 2.05) is 45.9 Å². The Kier molecular flexibility index (Phi) is 6.48. The first kappa shape index (κ1) is 22.6. The average molecular weight is 434 g/mol. The predicted molar refractivity (Wildman–Crippen MR) is 117 cm³/mol. The maximum absolute atomic E-state index is 13.4. The molecule has 8 heteroatoms. The van der Waals surface area contributed by atoms with Crippen molar-refractivity contribution < 1.29 is 19.5 Å². The maximum Gasteiger partial charge on any atom is 0.256 e. The van der Waals surface area contributed by atoms with Gasteiger partial charge in [-0.15, -0.1) is 11.8 Å². The molecule has 2 aliphatic heterocycles. The standard InChI is InChI=1S/C22H31N3O4S/c1-12(2)10-16(18(27)23-13(3)11-26)24-19(28)17-22(4,5)30-21-15-9-7-6-8-14(15)20(29)25(17)21/h6-9,12-13,16-17,21,26H,10-11H2,1-5H3,(H,23,27)(H,24,28)/t13-,16-,17+,21+/m0/s1. The zero-order valence-corrected chi connectivity index (χ0v) is 19.0. The number of fused-ring (bicyclic) bond motifs is 3. The van der Waals surface area contributed by atoms with Crippen LogP contribution in [0.5, 0.6) is 0 Å². The van der Waals surface area contributed by atoms with Gasteiger partial charge in [0.25, 0.3) is 5.91 Å². The Morgan fingerprint density at radius 3 is 2.50 bits per heavy atom. The van der Waals surface area contributed by atoms with Crippen molar-refractivity contribution in [3.63, 3.8) is 0 Å². The third kappa shape index (κ3) is 4.21. The molecule has 1 fully saturated rings. The summed E-state index contributed by atoms with van der Waals surface area (Å²) in [7, 11) is 0. The number of nitrogens with zero attached hydrogens (tertiary/aromatic N) is 1. The van der Waals surface area contributed by atoms with Crippen LogP contribution in [0.1, 0.15) is 62.3 Å². The van der Waals surface area contributed by atoms with E-state index in [9.17, 15) is 19.5 Å².